The zero-order valence-electron chi connectivity index (χ0n) is 25.9. The van der Waals surface area contributed by atoms with Crippen LogP contribution in [0, 0.1) is 0 Å². The highest BCUT2D eigenvalue weighted by Crippen LogP contribution is 2.44. The van der Waals surface area contributed by atoms with Gasteiger partial charge in [0.15, 0.2) is 5.58 Å². The molecule has 0 bridgehead atoms. The molecule has 0 saturated carbocycles. The Morgan fingerprint density at radius 3 is 1.67 bits per heavy atom. The number of fused-ring (bicyclic) bond motifs is 8. The molecule has 0 radical (unpaired) electrons. The third-order valence-electron chi connectivity index (χ3n) is 9.80. The molecule has 0 atom stereocenters. The number of rotatable bonds is 3. The second kappa shape index (κ2) is 10.3. The second-order valence-corrected chi connectivity index (χ2v) is 12.4. The molecule has 0 amide bonds. The molecule has 10 rings (SSSR count). The molecule has 10 aromatic rings. The average molecular weight is 614 g/mol. The molecule has 2 heterocycles. The van der Waals surface area contributed by atoms with Gasteiger partial charge < -0.3 is 4.42 Å². The van der Waals surface area contributed by atoms with E-state index in [2.05, 4.69) is 109 Å². The smallest absolute Gasteiger partial charge is 0.263 e. The highest BCUT2D eigenvalue weighted by molar-refractivity contribution is 6.22. The van der Waals surface area contributed by atoms with Gasteiger partial charge in [-0.05, 0) is 79.5 Å². The summed E-state index contributed by atoms with van der Waals surface area (Å²) in [5.74, 6) is 0. The van der Waals surface area contributed by atoms with Crippen LogP contribution in [0.15, 0.2) is 173 Å². The number of para-hydroxylation sites is 3. The van der Waals surface area contributed by atoms with Crippen LogP contribution in [0.1, 0.15) is 0 Å². The van der Waals surface area contributed by atoms with Gasteiger partial charge in [-0.2, -0.15) is 0 Å². The number of hydrogen-bond acceptors (Lipinski definition) is 2. The lowest BCUT2D eigenvalue weighted by Gasteiger charge is -2.18. The van der Waals surface area contributed by atoms with Crippen LogP contribution < -0.4 is 5.56 Å². The Morgan fingerprint density at radius 1 is 0.396 bits per heavy atom. The van der Waals surface area contributed by atoms with Crippen molar-refractivity contribution in [1.29, 1.82) is 0 Å². The Hall–Kier alpha value is -6.45. The first-order valence-electron chi connectivity index (χ1n) is 16.2. The number of benzene rings is 8. The molecule has 3 heteroatoms. The Kier molecular flexibility index (Phi) is 5.73. The van der Waals surface area contributed by atoms with Gasteiger partial charge >= 0.3 is 0 Å². The molecule has 2 aromatic heterocycles. The van der Waals surface area contributed by atoms with Crippen molar-refractivity contribution in [2.75, 3.05) is 0 Å². The molecule has 0 N–H and O–H groups in total. The van der Waals surface area contributed by atoms with Crippen LogP contribution in [0.5, 0.6) is 0 Å². The van der Waals surface area contributed by atoms with Gasteiger partial charge in [0.2, 0.25) is 0 Å². The van der Waals surface area contributed by atoms with E-state index in [1.165, 1.54) is 38.2 Å². The van der Waals surface area contributed by atoms with Gasteiger partial charge in [0.1, 0.15) is 5.58 Å². The molecule has 48 heavy (non-hydrogen) atoms. The molecular formula is C45H27NO2. The van der Waals surface area contributed by atoms with E-state index in [4.69, 9.17) is 4.42 Å². The summed E-state index contributed by atoms with van der Waals surface area (Å²) in [5, 5.41) is 9.42. The third kappa shape index (κ3) is 3.79. The first-order chi connectivity index (χ1) is 23.8. The van der Waals surface area contributed by atoms with E-state index in [9.17, 15) is 4.79 Å². The van der Waals surface area contributed by atoms with Gasteiger partial charge in [0, 0.05) is 21.5 Å². The Labute approximate surface area is 275 Å². The molecule has 0 unspecified atom stereocenters. The van der Waals surface area contributed by atoms with Crippen LogP contribution in [0.25, 0.3) is 93.1 Å². The summed E-state index contributed by atoms with van der Waals surface area (Å²) >= 11 is 0. The van der Waals surface area contributed by atoms with Crippen molar-refractivity contribution >= 4 is 65.2 Å². The van der Waals surface area contributed by atoms with Crippen LogP contribution in [0.3, 0.4) is 0 Å². The maximum absolute atomic E-state index is 14.6. The minimum absolute atomic E-state index is 0.0719. The summed E-state index contributed by atoms with van der Waals surface area (Å²) in [6, 6.07) is 56.6. The number of pyridine rings is 1. The van der Waals surface area contributed by atoms with Crippen LogP contribution in [0.2, 0.25) is 0 Å². The number of hydrogen-bond donors (Lipinski definition) is 0. The maximum atomic E-state index is 14.6. The monoisotopic (exact) mass is 613 g/mol. The largest absolute Gasteiger partial charge is 0.454 e. The Morgan fingerprint density at radius 2 is 0.958 bits per heavy atom. The van der Waals surface area contributed by atoms with Crippen molar-refractivity contribution in [3.8, 4) is 27.9 Å². The fourth-order valence-corrected chi connectivity index (χ4v) is 7.74. The van der Waals surface area contributed by atoms with E-state index in [0.29, 0.717) is 11.0 Å². The fourth-order valence-electron chi connectivity index (χ4n) is 7.74. The predicted octanol–water partition coefficient (Wildman–Crippen LogP) is 11.7. The van der Waals surface area contributed by atoms with E-state index in [-0.39, 0.29) is 5.56 Å². The highest BCUT2D eigenvalue weighted by atomic mass is 16.3. The van der Waals surface area contributed by atoms with Crippen LogP contribution in [-0.4, -0.2) is 4.57 Å². The molecule has 0 fully saturated rings. The predicted molar refractivity (Wildman–Crippen MR) is 200 cm³/mol. The van der Waals surface area contributed by atoms with Crippen molar-refractivity contribution < 1.29 is 4.42 Å². The lowest BCUT2D eigenvalue weighted by atomic mass is 9.85. The summed E-state index contributed by atoms with van der Waals surface area (Å²) in [4.78, 5) is 14.6. The van der Waals surface area contributed by atoms with Gasteiger partial charge in [0.25, 0.3) is 5.56 Å². The Balaban J connectivity index is 1.28. The zero-order valence-corrected chi connectivity index (χ0v) is 25.9. The normalized spacial score (nSPS) is 11.8. The summed E-state index contributed by atoms with van der Waals surface area (Å²) in [7, 11) is 0. The molecule has 224 valence electrons. The fraction of sp³-hybridized carbons (Fsp3) is 0. The van der Waals surface area contributed by atoms with Gasteiger partial charge in [0.05, 0.1) is 11.2 Å². The molecular weight excluding hydrogens is 587 g/mol. The molecule has 0 aliphatic carbocycles. The van der Waals surface area contributed by atoms with E-state index < -0.39 is 0 Å². The van der Waals surface area contributed by atoms with Crippen molar-refractivity contribution in [3.63, 3.8) is 0 Å². The zero-order chi connectivity index (χ0) is 31.8. The van der Waals surface area contributed by atoms with Crippen molar-refractivity contribution in [1.82, 2.24) is 4.57 Å². The van der Waals surface area contributed by atoms with Crippen molar-refractivity contribution in [2.45, 2.75) is 0 Å². The quantitative estimate of drug-likeness (QED) is 0.147. The standard InChI is InChI=1S/C45H27NO2/c47-45-37-26-25-29(43-34-19-6-4-17-32(34)42(28-13-2-1-3-14-28)33-18-5-7-20-35(33)43)27-38(37)30-15-8-10-22-39(30)46(45)40-23-12-21-36-31-16-9-11-24-41(31)48-44(36)40/h1-27H. The first-order valence-corrected chi connectivity index (χ1v) is 16.2. The minimum atomic E-state index is -0.0719. The SMILES string of the molecule is O=c1c2ccc(-c3c4ccccc4c(-c4ccccc4)c4ccccc34)cc2c2ccccc2n1-c1cccc2c1oc1ccccc12. The molecule has 0 spiro atoms. The highest BCUT2D eigenvalue weighted by Gasteiger charge is 2.20. The van der Waals surface area contributed by atoms with Gasteiger partial charge in [-0.15, -0.1) is 0 Å². The molecule has 8 aromatic carbocycles. The van der Waals surface area contributed by atoms with Crippen molar-refractivity contribution in [3.05, 3.63) is 174 Å². The number of nitrogens with zero attached hydrogens (tertiary/aromatic N) is 1. The maximum Gasteiger partial charge on any atom is 0.263 e. The van der Waals surface area contributed by atoms with E-state index >= 15 is 0 Å². The summed E-state index contributed by atoms with van der Waals surface area (Å²) in [6.45, 7) is 0. The lowest BCUT2D eigenvalue weighted by molar-refractivity contribution is 0.665. The molecule has 3 nitrogen and oxygen atoms in total. The molecule has 0 saturated heterocycles. The van der Waals surface area contributed by atoms with E-state index in [0.717, 1.165) is 43.9 Å². The molecule has 0 aliphatic heterocycles. The molecule has 0 aliphatic rings. The number of aromatic nitrogens is 1. The lowest BCUT2D eigenvalue weighted by Crippen LogP contribution is -2.19. The van der Waals surface area contributed by atoms with Crippen LogP contribution in [-0.2, 0) is 0 Å². The topological polar surface area (TPSA) is 35.1 Å². The van der Waals surface area contributed by atoms with Crippen LogP contribution >= 0.6 is 0 Å². The van der Waals surface area contributed by atoms with Gasteiger partial charge in [-0.25, -0.2) is 0 Å². The second-order valence-electron chi connectivity index (χ2n) is 12.4. The van der Waals surface area contributed by atoms with Gasteiger partial charge in [-0.1, -0.05) is 133 Å². The number of furan rings is 1. The summed E-state index contributed by atoms with van der Waals surface area (Å²) in [5.41, 5.74) is 7.70. The third-order valence-corrected chi connectivity index (χ3v) is 9.80. The van der Waals surface area contributed by atoms with E-state index in [1.54, 1.807) is 0 Å². The van der Waals surface area contributed by atoms with Crippen LogP contribution in [0.4, 0.5) is 0 Å². The van der Waals surface area contributed by atoms with E-state index in [1.807, 2.05) is 59.2 Å². The minimum Gasteiger partial charge on any atom is -0.454 e. The van der Waals surface area contributed by atoms with Gasteiger partial charge in [-0.3, -0.25) is 9.36 Å². The first kappa shape index (κ1) is 26.7. The summed E-state index contributed by atoms with van der Waals surface area (Å²) < 4.78 is 8.22. The summed E-state index contributed by atoms with van der Waals surface area (Å²) in [6.07, 6.45) is 0. The van der Waals surface area contributed by atoms with Crippen molar-refractivity contribution in [2.24, 2.45) is 0 Å². The average Bonchev–Trinajstić information content (AvgIpc) is 3.53. The Bertz CT molecular complexity index is 2910.